The number of halogens is 2. The van der Waals surface area contributed by atoms with Gasteiger partial charge in [0.1, 0.15) is 6.04 Å². The zero-order valence-electron chi connectivity index (χ0n) is 14.9. The molecule has 1 amide bonds. The van der Waals surface area contributed by atoms with Gasteiger partial charge in [-0.15, -0.1) is 10.2 Å². The van der Waals surface area contributed by atoms with Crippen LogP contribution in [0.3, 0.4) is 0 Å². The van der Waals surface area contributed by atoms with Crippen LogP contribution in [-0.4, -0.2) is 42.1 Å². The average molecular weight is 469 g/mol. The summed E-state index contributed by atoms with van der Waals surface area (Å²) in [6.07, 6.45) is 1.02. The number of thioether (sulfide) groups is 1. The van der Waals surface area contributed by atoms with Gasteiger partial charge in [0.25, 0.3) is 0 Å². The molecule has 2 aromatic rings. The first kappa shape index (κ1) is 22.2. The largest absolute Gasteiger partial charge is 0.299 e. The van der Waals surface area contributed by atoms with E-state index >= 15 is 0 Å². The van der Waals surface area contributed by atoms with Crippen LogP contribution in [0.15, 0.2) is 22.5 Å². The molecule has 0 bridgehead atoms. The highest BCUT2D eigenvalue weighted by atomic mass is 35.5. The van der Waals surface area contributed by atoms with Crippen molar-refractivity contribution >= 4 is 73.0 Å². The monoisotopic (exact) mass is 468 g/mol. The van der Waals surface area contributed by atoms with Gasteiger partial charge in [-0.3, -0.25) is 14.4 Å². The van der Waals surface area contributed by atoms with E-state index < -0.39 is 22.0 Å². The molecule has 0 aliphatic rings. The molecule has 0 saturated heterocycles. The lowest BCUT2D eigenvalue weighted by atomic mass is 10.2. The second kappa shape index (κ2) is 8.95. The van der Waals surface area contributed by atoms with E-state index in [1.807, 2.05) is 13.8 Å². The SMILES string of the molecule is CC(C)Sc1nnc(NC(=O)[C@@H](C)N(c2ccc(Cl)c(Cl)c2)S(C)(=O)=O)s1. The molecule has 0 spiro atoms. The van der Waals surface area contributed by atoms with Crippen LogP contribution < -0.4 is 9.62 Å². The summed E-state index contributed by atoms with van der Waals surface area (Å²) in [5, 5.41) is 11.6. The molecule has 0 radical (unpaired) electrons. The van der Waals surface area contributed by atoms with Gasteiger partial charge < -0.3 is 0 Å². The van der Waals surface area contributed by atoms with Crippen LogP contribution in [-0.2, 0) is 14.8 Å². The predicted molar refractivity (Wildman–Crippen MR) is 113 cm³/mol. The molecule has 1 heterocycles. The molecule has 0 aliphatic carbocycles. The fourth-order valence-corrected chi connectivity index (χ4v) is 5.59. The Morgan fingerprint density at radius 1 is 1.22 bits per heavy atom. The highest BCUT2D eigenvalue weighted by Gasteiger charge is 2.30. The number of anilines is 2. The minimum atomic E-state index is -3.76. The number of aromatic nitrogens is 2. The molecule has 1 atom stereocenters. The summed E-state index contributed by atoms with van der Waals surface area (Å²) in [6.45, 7) is 5.52. The number of sulfonamides is 1. The molecule has 0 aliphatic heterocycles. The predicted octanol–water partition coefficient (Wildman–Crippen LogP) is 4.14. The lowest BCUT2D eigenvalue weighted by Crippen LogP contribution is -2.45. The van der Waals surface area contributed by atoms with Crippen molar-refractivity contribution in [1.82, 2.24) is 10.2 Å². The minimum Gasteiger partial charge on any atom is -0.299 e. The van der Waals surface area contributed by atoms with E-state index in [4.69, 9.17) is 23.2 Å². The first-order valence-electron chi connectivity index (χ1n) is 7.74. The van der Waals surface area contributed by atoms with E-state index in [1.165, 1.54) is 48.2 Å². The molecule has 12 heteroatoms. The van der Waals surface area contributed by atoms with Gasteiger partial charge in [0.15, 0.2) is 4.34 Å². The van der Waals surface area contributed by atoms with Crippen molar-refractivity contribution in [2.75, 3.05) is 15.9 Å². The van der Waals surface area contributed by atoms with Crippen LogP contribution in [0.4, 0.5) is 10.8 Å². The number of nitrogens with zero attached hydrogens (tertiary/aromatic N) is 3. The van der Waals surface area contributed by atoms with Gasteiger partial charge in [0.2, 0.25) is 21.1 Å². The van der Waals surface area contributed by atoms with Crippen LogP contribution in [0.25, 0.3) is 0 Å². The molecule has 1 aromatic carbocycles. The van der Waals surface area contributed by atoms with Gasteiger partial charge in [-0.05, 0) is 25.1 Å². The number of hydrogen-bond donors (Lipinski definition) is 1. The van der Waals surface area contributed by atoms with Crippen molar-refractivity contribution in [1.29, 1.82) is 0 Å². The Labute approximate surface area is 176 Å². The summed E-state index contributed by atoms with van der Waals surface area (Å²) in [5.74, 6) is -0.538. The fourth-order valence-electron chi connectivity index (χ4n) is 2.15. The molecule has 148 valence electrons. The van der Waals surface area contributed by atoms with E-state index in [1.54, 1.807) is 0 Å². The number of hydrogen-bond acceptors (Lipinski definition) is 7. The van der Waals surface area contributed by atoms with Gasteiger partial charge in [-0.2, -0.15) is 0 Å². The molecule has 0 fully saturated rings. The van der Waals surface area contributed by atoms with Crippen LogP contribution in [0.5, 0.6) is 0 Å². The third kappa shape index (κ3) is 5.95. The number of amides is 1. The highest BCUT2D eigenvalue weighted by molar-refractivity contribution is 8.01. The third-order valence-corrected chi connectivity index (χ3v) is 7.13. The van der Waals surface area contributed by atoms with Crippen molar-refractivity contribution < 1.29 is 13.2 Å². The van der Waals surface area contributed by atoms with Gasteiger partial charge >= 0.3 is 0 Å². The van der Waals surface area contributed by atoms with Crippen molar-refractivity contribution in [3.05, 3.63) is 28.2 Å². The Bertz CT molecular complexity index is 934. The lowest BCUT2D eigenvalue weighted by Gasteiger charge is -2.28. The number of carbonyl (C=O) groups excluding carboxylic acids is 1. The quantitative estimate of drug-likeness (QED) is 0.484. The Kier molecular flexibility index (Phi) is 7.37. The number of benzene rings is 1. The molecule has 0 unspecified atom stereocenters. The van der Waals surface area contributed by atoms with Gasteiger partial charge in [-0.1, -0.05) is 60.1 Å². The Hall–Kier alpha value is -1.07. The second-order valence-corrected chi connectivity index (χ2v) is 11.3. The van der Waals surface area contributed by atoms with E-state index in [0.29, 0.717) is 10.4 Å². The maximum Gasteiger partial charge on any atom is 0.249 e. The summed E-state index contributed by atoms with van der Waals surface area (Å²) in [4.78, 5) is 12.6. The Morgan fingerprint density at radius 3 is 2.44 bits per heavy atom. The molecule has 1 aromatic heterocycles. The zero-order valence-corrected chi connectivity index (χ0v) is 18.9. The summed E-state index contributed by atoms with van der Waals surface area (Å²) in [6, 6.07) is 3.32. The number of rotatable bonds is 7. The van der Waals surface area contributed by atoms with Gasteiger partial charge in [0.05, 0.1) is 22.0 Å². The first-order valence-corrected chi connectivity index (χ1v) is 12.0. The zero-order chi connectivity index (χ0) is 20.4. The lowest BCUT2D eigenvalue weighted by molar-refractivity contribution is -0.116. The molecule has 0 saturated carbocycles. The summed E-state index contributed by atoms with van der Waals surface area (Å²) >= 11 is 14.6. The topological polar surface area (TPSA) is 92.3 Å². The van der Waals surface area contributed by atoms with Crippen LogP contribution >= 0.6 is 46.3 Å². The van der Waals surface area contributed by atoms with Crippen LogP contribution in [0, 0.1) is 0 Å². The molecular weight excluding hydrogens is 451 g/mol. The van der Waals surface area contributed by atoms with E-state index in [9.17, 15) is 13.2 Å². The van der Waals surface area contributed by atoms with Crippen LogP contribution in [0.2, 0.25) is 10.0 Å². The molecule has 7 nitrogen and oxygen atoms in total. The van der Waals surface area contributed by atoms with Gasteiger partial charge in [0, 0.05) is 5.25 Å². The molecule has 1 N–H and O–H groups in total. The normalized spacial score (nSPS) is 12.9. The van der Waals surface area contributed by atoms with Crippen LogP contribution in [0.1, 0.15) is 20.8 Å². The van der Waals surface area contributed by atoms with Crippen molar-refractivity contribution in [3.8, 4) is 0 Å². The van der Waals surface area contributed by atoms with E-state index in [-0.39, 0.29) is 15.7 Å². The maximum atomic E-state index is 12.6. The third-order valence-electron chi connectivity index (χ3n) is 3.22. The summed E-state index contributed by atoms with van der Waals surface area (Å²) in [5.41, 5.74) is 0.239. The smallest absolute Gasteiger partial charge is 0.249 e. The maximum absolute atomic E-state index is 12.6. The highest BCUT2D eigenvalue weighted by Crippen LogP contribution is 2.31. The Balaban J connectivity index is 2.24. The molecule has 27 heavy (non-hydrogen) atoms. The standard InChI is InChI=1S/C15H18Cl2N4O3S3/c1-8(2)25-15-20-19-14(26-15)18-13(22)9(3)21(27(4,23)24)10-5-6-11(16)12(17)7-10/h5-9H,1-4H3,(H,18,19,22)/t9-/m1/s1. The van der Waals surface area contributed by atoms with Crippen molar-refractivity contribution in [3.63, 3.8) is 0 Å². The van der Waals surface area contributed by atoms with Crippen molar-refractivity contribution in [2.24, 2.45) is 0 Å². The van der Waals surface area contributed by atoms with E-state index in [2.05, 4.69) is 15.5 Å². The minimum absolute atomic E-state index is 0.190. The Morgan fingerprint density at radius 2 is 1.89 bits per heavy atom. The first-order chi connectivity index (χ1) is 12.5. The number of carbonyl (C=O) groups is 1. The summed E-state index contributed by atoms with van der Waals surface area (Å²) < 4.78 is 26.3. The molecule has 2 rings (SSSR count). The summed E-state index contributed by atoms with van der Waals surface area (Å²) in [7, 11) is -3.76. The molecular formula is C15H18Cl2N4O3S3. The fraction of sp³-hybridized carbons (Fsp3) is 0.400. The van der Waals surface area contributed by atoms with E-state index in [0.717, 1.165) is 14.9 Å². The van der Waals surface area contributed by atoms with Crippen molar-refractivity contribution in [2.45, 2.75) is 36.4 Å². The second-order valence-electron chi connectivity index (χ2n) is 5.86. The average Bonchev–Trinajstić information content (AvgIpc) is 2.95. The van der Waals surface area contributed by atoms with Gasteiger partial charge in [-0.25, -0.2) is 8.42 Å². The number of nitrogens with one attached hydrogen (secondary N) is 1.